The first-order valence-corrected chi connectivity index (χ1v) is 10.8. The summed E-state index contributed by atoms with van der Waals surface area (Å²) in [5.41, 5.74) is 3.40. The van der Waals surface area contributed by atoms with Gasteiger partial charge >= 0.3 is 0 Å². The number of fused-ring (bicyclic) bond motifs is 1. The number of rotatable bonds is 5. The van der Waals surface area contributed by atoms with Crippen LogP contribution in [-0.2, 0) is 11.3 Å². The van der Waals surface area contributed by atoms with Crippen molar-refractivity contribution in [3.8, 4) is 6.07 Å². The van der Waals surface area contributed by atoms with Gasteiger partial charge in [-0.25, -0.2) is 4.39 Å². The Hall–Kier alpha value is -3.59. The fourth-order valence-electron chi connectivity index (χ4n) is 3.71. The van der Waals surface area contributed by atoms with Crippen LogP contribution in [0.5, 0.6) is 0 Å². The van der Waals surface area contributed by atoms with Gasteiger partial charge in [0.15, 0.2) is 0 Å². The molecule has 0 saturated carbocycles. The molecule has 0 radical (unpaired) electrons. The van der Waals surface area contributed by atoms with Gasteiger partial charge in [-0.2, -0.15) is 5.26 Å². The molecule has 4 nitrogen and oxygen atoms in total. The smallest absolute Gasteiger partial charge is 0.266 e. The molecular weight excluding hydrogens is 460 g/mol. The molecular formula is C26H18Cl2FN3O. The lowest BCUT2D eigenvalue weighted by atomic mass is 10.1. The largest absolute Gasteiger partial charge is 0.340 e. The van der Waals surface area contributed by atoms with E-state index in [1.54, 1.807) is 18.2 Å². The molecule has 164 valence electrons. The minimum atomic E-state index is -0.677. The van der Waals surface area contributed by atoms with Crippen LogP contribution in [0.4, 0.5) is 10.1 Å². The maximum atomic E-state index is 13.9. The second-order valence-corrected chi connectivity index (χ2v) is 8.27. The highest BCUT2D eigenvalue weighted by molar-refractivity contribution is 6.42. The monoisotopic (exact) mass is 477 g/mol. The second-order valence-electron chi connectivity index (χ2n) is 7.45. The van der Waals surface area contributed by atoms with Crippen molar-refractivity contribution in [2.75, 3.05) is 5.32 Å². The van der Waals surface area contributed by atoms with Crippen molar-refractivity contribution in [3.63, 3.8) is 0 Å². The number of carbonyl (C=O) groups excluding carboxylic acids is 1. The van der Waals surface area contributed by atoms with Crippen LogP contribution in [0.1, 0.15) is 16.8 Å². The van der Waals surface area contributed by atoms with Crippen LogP contribution in [0.3, 0.4) is 0 Å². The highest BCUT2D eigenvalue weighted by Gasteiger charge is 2.17. The topological polar surface area (TPSA) is 57.8 Å². The van der Waals surface area contributed by atoms with Crippen molar-refractivity contribution in [2.24, 2.45) is 0 Å². The van der Waals surface area contributed by atoms with E-state index in [9.17, 15) is 14.4 Å². The molecule has 1 heterocycles. The molecule has 4 rings (SSSR count). The number of nitriles is 1. The van der Waals surface area contributed by atoms with E-state index in [-0.39, 0.29) is 11.3 Å². The van der Waals surface area contributed by atoms with Crippen LogP contribution in [-0.4, -0.2) is 10.5 Å². The van der Waals surface area contributed by atoms with Gasteiger partial charge < -0.3 is 9.88 Å². The van der Waals surface area contributed by atoms with Crippen LogP contribution in [0.15, 0.2) is 72.3 Å². The standard InChI is InChI=1S/C26H18Cl2FN3O/c1-16-20(13-18(14-30)26(33)31-24-8-4-3-7-23(24)29)19-6-2-5-9-25(19)32(16)15-17-10-11-21(27)22(28)12-17/h2-13H,15H2,1H3,(H,31,33)/b18-13+. The summed E-state index contributed by atoms with van der Waals surface area (Å²) in [4.78, 5) is 12.7. The number of benzene rings is 3. The summed E-state index contributed by atoms with van der Waals surface area (Å²) in [6.07, 6.45) is 1.54. The molecule has 1 N–H and O–H groups in total. The minimum Gasteiger partial charge on any atom is -0.340 e. The van der Waals surface area contributed by atoms with Crippen molar-refractivity contribution in [1.82, 2.24) is 4.57 Å². The molecule has 33 heavy (non-hydrogen) atoms. The maximum Gasteiger partial charge on any atom is 0.266 e. The quantitative estimate of drug-likeness (QED) is 0.248. The normalized spacial score (nSPS) is 11.4. The second kappa shape index (κ2) is 9.50. The van der Waals surface area contributed by atoms with E-state index >= 15 is 0 Å². The molecule has 1 aromatic heterocycles. The number of halogens is 3. The van der Waals surface area contributed by atoms with Gasteiger partial charge in [0.05, 0.1) is 15.7 Å². The summed E-state index contributed by atoms with van der Waals surface area (Å²) in [7, 11) is 0. The molecule has 0 spiro atoms. The zero-order valence-corrected chi connectivity index (χ0v) is 19.1. The third-order valence-corrected chi connectivity index (χ3v) is 6.12. The molecule has 0 aliphatic carbocycles. The molecule has 0 atom stereocenters. The maximum absolute atomic E-state index is 13.9. The number of hydrogen-bond donors (Lipinski definition) is 1. The molecule has 3 aromatic carbocycles. The summed E-state index contributed by atoms with van der Waals surface area (Å²) in [5.74, 6) is -1.25. The molecule has 0 unspecified atom stereocenters. The lowest BCUT2D eigenvalue weighted by Gasteiger charge is -2.10. The summed E-state index contributed by atoms with van der Waals surface area (Å²) >= 11 is 12.2. The number of anilines is 1. The van der Waals surface area contributed by atoms with E-state index in [2.05, 4.69) is 9.88 Å². The number of carbonyl (C=O) groups is 1. The van der Waals surface area contributed by atoms with Gasteiger partial charge in [0, 0.05) is 28.7 Å². The van der Waals surface area contributed by atoms with E-state index in [0.717, 1.165) is 27.7 Å². The van der Waals surface area contributed by atoms with Crippen molar-refractivity contribution in [3.05, 3.63) is 105 Å². The van der Waals surface area contributed by atoms with E-state index in [1.807, 2.05) is 49.4 Å². The fraction of sp³-hybridized carbons (Fsp3) is 0.0769. The van der Waals surface area contributed by atoms with Crippen molar-refractivity contribution in [2.45, 2.75) is 13.5 Å². The van der Waals surface area contributed by atoms with Gasteiger partial charge in [0.2, 0.25) is 0 Å². The van der Waals surface area contributed by atoms with Gasteiger partial charge in [0.1, 0.15) is 17.5 Å². The van der Waals surface area contributed by atoms with Crippen LogP contribution in [0, 0.1) is 24.1 Å². The summed E-state index contributed by atoms with van der Waals surface area (Å²) in [5, 5.41) is 14.0. The van der Waals surface area contributed by atoms with Crippen LogP contribution in [0.25, 0.3) is 17.0 Å². The number of nitrogens with zero attached hydrogens (tertiary/aromatic N) is 2. The third kappa shape index (κ3) is 4.63. The molecule has 0 aliphatic heterocycles. The molecule has 0 aliphatic rings. The van der Waals surface area contributed by atoms with Gasteiger partial charge in [0.25, 0.3) is 5.91 Å². The van der Waals surface area contributed by atoms with Crippen LogP contribution in [0.2, 0.25) is 10.0 Å². The molecule has 4 aromatic rings. The average molecular weight is 478 g/mol. The molecule has 1 amide bonds. The molecule has 0 bridgehead atoms. The highest BCUT2D eigenvalue weighted by atomic mass is 35.5. The summed E-state index contributed by atoms with van der Waals surface area (Å²) < 4.78 is 16.0. The number of aromatic nitrogens is 1. The van der Waals surface area contributed by atoms with Gasteiger partial charge in [-0.05, 0) is 48.9 Å². The Morgan fingerprint density at radius 1 is 1.09 bits per heavy atom. The Labute approximate surface area is 200 Å². The Bertz CT molecular complexity index is 1450. The van der Waals surface area contributed by atoms with Crippen molar-refractivity contribution in [1.29, 1.82) is 5.26 Å². The number of amides is 1. The minimum absolute atomic E-state index is 0.0161. The van der Waals surface area contributed by atoms with Crippen LogP contribution < -0.4 is 5.32 Å². The van der Waals surface area contributed by atoms with Gasteiger partial charge in [-0.3, -0.25) is 4.79 Å². The molecule has 0 saturated heterocycles. The molecule has 7 heteroatoms. The predicted octanol–water partition coefficient (Wildman–Crippen LogP) is 6.99. The fourth-order valence-corrected chi connectivity index (χ4v) is 4.03. The Kier molecular flexibility index (Phi) is 6.50. The highest BCUT2D eigenvalue weighted by Crippen LogP contribution is 2.30. The van der Waals surface area contributed by atoms with E-state index in [4.69, 9.17) is 23.2 Å². The zero-order valence-electron chi connectivity index (χ0n) is 17.6. The van der Waals surface area contributed by atoms with Crippen molar-refractivity contribution >= 4 is 51.8 Å². The number of para-hydroxylation sites is 2. The average Bonchev–Trinajstić information content (AvgIpc) is 3.07. The molecule has 0 fully saturated rings. The Morgan fingerprint density at radius 2 is 1.82 bits per heavy atom. The van der Waals surface area contributed by atoms with Crippen LogP contribution >= 0.6 is 23.2 Å². The lowest BCUT2D eigenvalue weighted by molar-refractivity contribution is -0.112. The van der Waals surface area contributed by atoms with Gasteiger partial charge in [-0.15, -0.1) is 0 Å². The zero-order chi connectivity index (χ0) is 23.5. The summed E-state index contributed by atoms with van der Waals surface area (Å²) in [6, 6.07) is 21.0. The third-order valence-electron chi connectivity index (χ3n) is 5.38. The van der Waals surface area contributed by atoms with E-state index < -0.39 is 11.7 Å². The lowest BCUT2D eigenvalue weighted by Crippen LogP contribution is -2.14. The Balaban J connectivity index is 1.75. The van der Waals surface area contributed by atoms with Crippen molar-refractivity contribution < 1.29 is 9.18 Å². The number of nitrogens with one attached hydrogen (secondary N) is 1. The summed E-state index contributed by atoms with van der Waals surface area (Å²) in [6.45, 7) is 2.45. The number of hydrogen-bond acceptors (Lipinski definition) is 2. The van der Waals surface area contributed by atoms with E-state index in [0.29, 0.717) is 16.6 Å². The first-order chi connectivity index (χ1) is 15.9. The predicted molar refractivity (Wildman–Crippen MR) is 131 cm³/mol. The first-order valence-electron chi connectivity index (χ1n) is 10.1. The first kappa shape index (κ1) is 22.6. The SMILES string of the molecule is Cc1c(/C=C(\C#N)C(=O)Nc2ccccc2F)c2ccccc2n1Cc1ccc(Cl)c(Cl)c1. The van der Waals surface area contributed by atoms with Gasteiger partial charge in [-0.1, -0.05) is 59.6 Å². The Morgan fingerprint density at radius 3 is 2.55 bits per heavy atom. The van der Waals surface area contributed by atoms with E-state index in [1.165, 1.54) is 18.2 Å².